The molecule has 0 spiro atoms. The van der Waals surface area contributed by atoms with Crippen molar-refractivity contribution in [3.05, 3.63) is 82.5 Å². The highest BCUT2D eigenvalue weighted by atomic mass is 35.5. The second-order valence-corrected chi connectivity index (χ2v) is 9.46. The van der Waals surface area contributed by atoms with Gasteiger partial charge in [-0.25, -0.2) is 14.5 Å². The summed E-state index contributed by atoms with van der Waals surface area (Å²) in [6.45, 7) is 5.67. The molecule has 10 nitrogen and oxygen atoms in total. The Hall–Kier alpha value is -3.99. The third-order valence-electron chi connectivity index (χ3n) is 6.57. The van der Waals surface area contributed by atoms with Crippen molar-refractivity contribution in [1.29, 1.82) is 0 Å². The van der Waals surface area contributed by atoms with Crippen molar-refractivity contribution in [2.24, 2.45) is 0 Å². The van der Waals surface area contributed by atoms with Crippen LogP contribution in [0.25, 0.3) is 22.5 Å². The van der Waals surface area contributed by atoms with E-state index in [9.17, 15) is 4.79 Å². The molecule has 3 aromatic heterocycles. The molecule has 0 unspecified atom stereocenters. The summed E-state index contributed by atoms with van der Waals surface area (Å²) in [5.74, 6) is 0.804. The van der Waals surface area contributed by atoms with Crippen LogP contribution >= 0.6 is 11.6 Å². The second kappa shape index (κ2) is 10.8. The highest BCUT2D eigenvalue weighted by molar-refractivity contribution is 6.32. The van der Waals surface area contributed by atoms with Crippen molar-refractivity contribution in [1.82, 2.24) is 28.8 Å². The minimum atomic E-state index is -0.289. The summed E-state index contributed by atoms with van der Waals surface area (Å²) in [7, 11) is 0. The standard InChI is InChI=1S/C27H27ClN8O2/c28-22-4-1-2-5-23(22)36-25(37)21-18-31-26(33-24(21)35-13-11-30-27(35)36)32-20-8-6-19(7-9-20)29-10-3-12-34-14-16-38-17-15-34/h1-2,4-9,11,13,18,29H,3,10,12,14-17H2,(H,31,32,33). The first-order chi connectivity index (χ1) is 18.7. The van der Waals surface area contributed by atoms with Crippen LogP contribution in [0.1, 0.15) is 6.42 Å². The van der Waals surface area contributed by atoms with Crippen molar-refractivity contribution in [2.75, 3.05) is 50.0 Å². The van der Waals surface area contributed by atoms with Crippen molar-refractivity contribution in [2.45, 2.75) is 6.42 Å². The molecular weight excluding hydrogens is 504 g/mol. The van der Waals surface area contributed by atoms with Gasteiger partial charge in [0, 0.05) is 49.6 Å². The predicted octanol–water partition coefficient (Wildman–Crippen LogP) is 3.96. The molecule has 38 heavy (non-hydrogen) atoms. The molecule has 2 aromatic carbocycles. The van der Waals surface area contributed by atoms with Gasteiger partial charge in [-0.3, -0.25) is 14.1 Å². The number of nitrogens with zero attached hydrogens (tertiary/aromatic N) is 6. The number of halogens is 1. The molecule has 194 valence electrons. The molecule has 6 rings (SSSR count). The van der Waals surface area contributed by atoms with Crippen LogP contribution in [0, 0.1) is 0 Å². The maximum absolute atomic E-state index is 13.4. The lowest BCUT2D eigenvalue weighted by Crippen LogP contribution is -2.37. The number of aromatic nitrogens is 5. The lowest BCUT2D eigenvalue weighted by molar-refractivity contribution is 0.0378. The number of anilines is 3. The average molecular weight is 531 g/mol. The molecule has 1 aliphatic rings. The molecule has 1 saturated heterocycles. The van der Waals surface area contributed by atoms with E-state index in [0.29, 0.717) is 33.5 Å². The first-order valence-corrected chi connectivity index (χ1v) is 13.0. The molecule has 1 fully saturated rings. The Bertz CT molecular complexity index is 1630. The summed E-state index contributed by atoms with van der Waals surface area (Å²) >= 11 is 6.39. The topological polar surface area (TPSA) is 102 Å². The predicted molar refractivity (Wildman–Crippen MR) is 149 cm³/mol. The van der Waals surface area contributed by atoms with Crippen LogP contribution in [0.15, 0.2) is 71.9 Å². The zero-order valence-electron chi connectivity index (χ0n) is 20.7. The Balaban J connectivity index is 1.18. The SMILES string of the molecule is O=c1c2cnc(Nc3ccc(NCCCN4CCOCC4)cc3)nc2n2ccnc2n1-c1ccccc1Cl. The van der Waals surface area contributed by atoms with Crippen LogP contribution in [0.4, 0.5) is 17.3 Å². The van der Waals surface area contributed by atoms with Crippen molar-refractivity contribution < 1.29 is 4.74 Å². The summed E-state index contributed by atoms with van der Waals surface area (Å²) in [6, 6.07) is 15.2. The lowest BCUT2D eigenvalue weighted by Gasteiger charge is -2.26. The molecule has 0 aliphatic carbocycles. The number of rotatable bonds is 8. The van der Waals surface area contributed by atoms with E-state index >= 15 is 0 Å². The molecule has 0 saturated carbocycles. The smallest absolute Gasteiger partial charge is 0.270 e. The molecule has 0 amide bonds. The Labute approximate surface area is 223 Å². The van der Waals surface area contributed by atoms with Crippen LogP contribution in [0.5, 0.6) is 0 Å². The van der Waals surface area contributed by atoms with Crippen molar-refractivity contribution in [3.63, 3.8) is 0 Å². The Kier molecular flexibility index (Phi) is 6.91. The normalized spacial score (nSPS) is 14.2. The number of hydrogen-bond donors (Lipinski definition) is 2. The largest absolute Gasteiger partial charge is 0.385 e. The minimum absolute atomic E-state index is 0.289. The van der Waals surface area contributed by atoms with Gasteiger partial charge in [-0.2, -0.15) is 4.98 Å². The Morgan fingerprint density at radius 2 is 1.79 bits per heavy atom. The Morgan fingerprint density at radius 1 is 1.00 bits per heavy atom. The third kappa shape index (κ3) is 4.93. The monoisotopic (exact) mass is 530 g/mol. The minimum Gasteiger partial charge on any atom is -0.385 e. The number of nitrogens with one attached hydrogen (secondary N) is 2. The highest BCUT2D eigenvalue weighted by Gasteiger charge is 2.17. The number of hydrogen-bond acceptors (Lipinski definition) is 8. The van der Waals surface area contributed by atoms with Gasteiger partial charge in [0.05, 0.1) is 23.9 Å². The molecule has 0 radical (unpaired) electrons. The van der Waals surface area contributed by atoms with E-state index in [-0.39, 0.29) is 5.56 Å². The fourth-order valence-corrected chi connectivity index (χ4v) is 4.84. The second-order valence-electron chi connectivity index (χ2n) is 9.06. The fourth-order valence-electron chi connectivity index (χ4n) is 4.62. The van der Waals surface area contributed by atoms with Crippen LogP contribution in [-0.2, 0) is 4.74 Å². The molecule has 5 aromatic rings. The fraction of sp³-hybridized carbons (Fsp3) is 0.259. The summed E-state index contributed by atoms with van der Waals surface area (Å²) in [4.78, 5) is 29.3. The zero-order chi connectivity index (χ0) is 25.9. The van der Waals surface area contributed by atoms with E-state index in [4.69, 9.17) is 16.3 Å². The van der Waals surface area contributed by atoms with E-state index in [2.05, 4.69) is 30.5 Å². The van der Waals surface area contributed by atoms with E-state index in [1.165, 1.54) is 10.8 Å². The quantitative estimate of drug-likeness (QED) is 0.291. The maximum atomic E-state index is 13.4. The van der Waals surface area contributed by atoms with E-state index in [1.807, 2.05) is 36.4 Å². The number of morpholine rings is 1. The number of benzene rings is 2. The van der Waals surface area contributed by atoms with Gasteiger partial charge < -0.3 is 15.4 Å². The summed E-state index contributed by atoms with van der Waals surface area (Å²) in [5.41, 5.74) is 2.62. The van der Waals surface area contributed by atoms with Gasteiger partial charge in [0.25, 0.3) is 5.56 Å². The molecule has 0 atom stereocenters. The van der Waals surface area contributed by atoms with Crippen molar-refractivity contribution >= 4 is 45.7 Å². The van der Waals surface area contributed by atoms with E-state index in [0.717, 1.165) is 57.2 Å². The van der Waals surface area contributed by atoms with Crippen molar-refractivity contribution in [3.8, 4) is 5.69 Å². The number of ether oxygens (including phenoxy) is 1. The van der Waals surface area contributed by atoms with Gasteiger partial charge in [0.15, 0.2) is 5.65 Å². The van der Waals surface area contributed by atoms with Gasteiger partial charge in [0.1, 0.15) is 5.39 Å². The van der Waals surface area contributed by atoms with Gasteiger partial charge in [-0.15, -0.1) is 0 Å². The molecule has 11 heteroatoms. The summed E-state index contributed by atoms with van der Waals surface area (Å²) in [6.07, 6.45) is 6.00. The number of imidazole rings is 1. The number of para-hydroxylation sites is 1. The Morgan fingerprint density at radius 3 is 2.61 bits per heavy atom. The van der Waals surface area contributed by atoms with Gasteiger partial charge in [-0.05, 0) is 49.4 Å². The average Bonchev–Trinajstić information content (AvgIpc) is 3.44. The lowest BCUT2D eigenvalue weighted by atomic mass is 10.2. The van der Waals surface area contributed by atoms with Crippen LogP contribution in [0.3, 0.4) is 0 Å². The summed E-state index contributed by atoms with van der Waals surface area (Å²) < 4.78 is 8.64. The molecule has 2 N–H and O–H groups in total. The molecule has 4 heterocycles. The van der Waals surface area contributed by atoms with E-state index in [1.54, 1.807) is 28.9 Å². The molecule has 1 aliphatic heterocycles. The first-order valence-electron chi connectivity index (χ1n) is 12.6. The summed E-state index contributed by atoms with van der Waals surface area (Å²) in [5, 5.41) is 7.52. The van der Waals surface area contributed by atoms with E-state index < -0.39 is 0 Å². The zero-order valence-corrected chi connectivity index (χ0v) is 21.4. The molecule has 0 bridgehead atoms. The maximum Gasteiger partial charge on any atom is 0.270 e. The highest BCUT2D eigenvalue weighted by Crippen LogP contribution is 2.23. The third-order valence-corrected chi connectivity index (χ3v) is 6.89. The van der Waals surface area contributed by atoms with Crippen LogP contribution in [0.2, 0.25) is 5.02 Å². The van der Waals surface area contributed by atoms with Crippen LogP contribution in [-0.4, -0.2) is 68.2 Å². The van der Waals surface area contributed by atoms with Gasteiger partial charge in [-0.1, -0.05) is 23.7 Å². The van der Waals surface area contributed by atoms with Gasteiger partial charge >= 0.3 is 0 Å². The van der Waals surface area contributed by atoms with Crippen LogP contribution < -0.4 is 16.2 Å². The van der Waals surface area contributed by atoms with Gasteiger partial charge in [0.2, 0.25) is 11.7 Å². The molecular formula is C27H27ClN8O2. The first kappa shape index (κ1) is 24.4. The number of fused-ring (bicyclic) bond motifs is 3.